The first-order chi connectivity index (χ1) is 5.11. The molecule has 0 heterocycles. The fourth-order valence-corrected chi connectivity index (χ4v) is 1.78. The van der Waals surface area contributed by atoms with Gasteiger partial charge >= 0.3 is 0 Å². The van der Waals surface area contributed by atoms with Crippen molar-refractivity contribution in [1.29, 1.82) is 0 Å². The highest BCUT2D eigenvalue weighted by Crippen LogP contribution is 2.30. The summed E-state index contributed by atoms with van der Waals surface area (Å²) in [6.45, 7) is 8.24. The van der Waals surface area contributed by atoms with Crippen LogP contribution in [0, 0.1) is 5.92 Å². The third-order valence-corrected chi connectivity index (χ3v) is 3.07. The predicted octanol–water partition coefficient (Wildman–Crippen LogP) is 3.22. The van der Waals surface area contributed by atoms with Gasteiger partial charge in [-0.3, -0.25) is 0 Å². The average molecular weight is 168 g/mol. The lowest BCUT2D eigenvalue weighted by atomic mass is 9.86. The van der Waals surface area contributed by atoms with Gasteiger partial charge in [-0.05, 0) is 32.6 Å². The maximum atomic E-state index is 4.50. The van der Waals surface area contributed by atoms with Crippen LogP contribution >= 0.6 is 12.6 Å². The summed E-state index contributed by atoms with van der Waals surface area (Å²) in [5.41, 5.74) is 2.72. The van der Waals surface area contributed by atoms with Crippen LogP contribution < -0.4 is 0 Å². The molecule has 0 radical (unpaired) electrons. The van der Waals surface area contributed by atoms with E-state index < -0.39 is 0 Å². The molecule has 62 valence electrons. The molecule has 0 aliphatic heterocycles. The molecule has 0 fully saturated rings. The van der Waals surface area contributed by atoms with Crippen molar-refractivity contribution in [2.75, 3.05) is 0 Å². The molecule has 0 saturated carbocycles. The van der Waals surface area contributed by atoms with Crippen molar-refractivity contribution in [2.45, 2.75) is 31.9 Å². The van der Waals surface area contributed by atoms with Gasteiger partial charge in [0.25, 0.3) is 0 Å². The second-order valence-corrected chi connectivity index (χ2v) is 4.10. The van der Waals surface area contributed by atoms with E-state index in [4.69, 9.17) is 0 Å². The molecule has 11 heavy (non-hydrogen) atoms. The Morgan fingerprint density at radius 3 is 2.82 bits per heavy atom. The Kier molecular flexibility index (Phi) is 2.83. The van der Waals surface area contributed by atoms with Crippen LogP contribution in [0.5, 0.6) is 0 Å². The minimum Gasteiger partial charge on any atom is -0.171 e. The van der Waals surface area contributed by atoms with E-state index >= 15 is 0 Å². The third kappa shape index (κ3) is 2.13. The van der Waals surface area contributed by atoms with Crippen molar-refractivity contribution in [3.05, 3.63) is 23.8 Å². The second kappa shape index (κ2) is 3.48. The van der Waals surface area contributed by atoms with Crippen LogP contribution in [-0.2, 0) is 0 Å². The summed E-state index contributed by atoms with van der Waals surface area (Å²) in [5.74, 6) is 0.668. The molecule has 0 aromatic heterocycles. The fraction of sp³-hybridized carbons (Fsp3) is 0.600. The Labute approximate surface area is 74.8 Å². The van der Waals surface area contributed by atoms with E-state index in [0.29, 0.717) is 11.2 Å². The molecule has 1 aliphatic carbocycles. The molecule has 0 aromatic rings. The number of hydrogen-bond donors (Lipinski definition) is 1. The largest absolute Gasteiger partial charge is 0.171 e. The normalized spacial score (nSPS) is 31.4. The number of hydrogen-bond acceptors (Lipinski definition) is 1. The molecule has 0 spiro atoms. The zero-order chi connectivity index (χ0) is 8.43. The van der Waals surface area contributed by atoms with E-state index in [1.165, 1.54) is 17.6 Å². The summed E-state index contributed by atoms with van der Waals surface area (Å²) >= 11 is 4.50. The molecule has 0 nitrogen and oxygen atoms in total. The monoisotopic (exact) mass is 168 g/mol. The van der Waals surface area contributed by atoms with Gasteiger partial charge in [-0.2, -0.15) is 12.6 Å². The molecule has 0 N–H and O–H groups in total. The first-order valence-corrected chi connectivity index (χ1v) is 4.63. The molecule has 1 heteroatoms. The van der Waals surface area contributed by atoms with Crippen molar-refractivity contribution in [3.63, 3.8) is 0 Å². The molecule has 2 atom stereocenters. The summed E-state index contributed by atoms with van der Waals surface area (Å²) in [7, 11) is 0. The number of thiol groups is 1. The Bertz CT molecular complexity index is 191. The summed E-state index contributed by atoms with van der Waals surface area (Å²) < 4.78 is 0. The Balaban J connectivity index is 2.62. The Morgan fingerprint density at radius 2 is 2.36 bits per heavy atom. The Morgan fingerprint density at radius 1 is 1.73 bits per heavy atom. The molecular weight excluding hydrogens is 152 g/mol. The van der Waals surface area contributed by atoms with Gasteiger partial charge in [0.1, 0.15) is 0 Å². The summed E-state index contributed by atoms with van der Waals surface area (Å²) in [4.78, 5) is 0. The van der Waals surface area contributed by atoms with E-state index in [0.717, 1.165) is 6.42 Å². The van der Waals surface area contributed by atoms with Gasteiger partial charge in [0.15, 0.2) is 0 Å². The van der Waals surface area contributed by atoms with Gasteiger partial charge < -0.3 is 0 Å². The summed E-state index contributed by atoms with van der Waals surface area (Å²) in [6, 6.07) is 0. The molecule has 0 unspecified atom stereocenters. The third-order valence-electron chi connectivity index (χ3n) is 2.45. The number of allylic oxidation sites excluding steroid dienone is 2. The maximum Gasteiger partial charge on any atom is 0.0229 e. The molecule has 0 bridgehead atoms. The van der Waals surface area contributed by atoms with E-state index in [1.807, 2.05) is 0 Å². The SMILES string of the molecule is C=C(C)[C@H]1CC=C(C)[C@@H](S)C1. The van der Waals surface area contributed by atoms with Gasteiger partial charge in [-0.1, -0.05) is 23.8 Å². The van der Waals surface area contributed by atoms with Gasteiger partial charge in [0, 0.05) is 5.25 Å². The van der Waals surface area contributed by atoms with E-state index in [1.54, 1.807) is 0 Å². The van der Waals surface area contributed by atoms with Crippen LogP contribution in [0.2, 0.25) is 0 Å². The quantitative estimate of drug-likeness (QED) is 0.451. The highest BCUT2D eigenvalue weighted by Gasteiger charge is 2.18. The lowest BCUT2D eigenvalue weighted by Crippen LogP contribution is -2.15. The summed E-state index contributed by atoms with van der Waals surface area (Å²) in [5, 5.41) is 0.463. The lowest BCUT2D eigenvalue weighted by molar-refractivity contribution is 0.550. The van der Waals surface area contributed by atoms with E-state index in [-0.39, 0.29) is 0 Å². The Hall–Kier alpha value is -0.170. The maximum absolute atomic E-state index is 4.50. The highest BCUT2D eigenvalue weighted by molar-refractivity contribution is 7.81. The summed E-state index contributed by atoms with van der Waals surface area (Å²) in [6.07, 6.45) is 4.62. The minimum atomic E-state index is 0.463. The molecule has 0 aromatic carbocycles. The first kappa shape index (κ1) is 8.92. The van der Waals surface area contributed by atoms with Gasteiger partial charge in [0.2, 0.25) is 0 Å². The van der Waals surface area contributed by atoms with Crippen LogP contribution in [0.3, 0.4) is 0 Å². The van der Waals surface area contributed by atoms with Crippen LogP contribution in [0.25, 0.3) is 0 Å². The zero-order valence-corrected chi connectivity index (χ0v) is 8.20. The lowest BCUT2D eigenvalue weighted by Gasteiger charge is -2.25. The zero-order valence-electron chi connectivity index (χ0n) is 7.30. The van der Waals surface area contributed by atoms with Crippen molar-refractivity contribution in [3.8, 4) is 0 Å². The fourth-order valence-electron chi connectivity index (χ4n) is 1.42. The minimum absolute atomic E-state index is 0.463. The molecule has 1 aliphatic rings. The van der Waals surface area contributed by atoms with E-state index in [9.17, 15) is 0 Å². The second-order valence-electron chi connectivity index (χ2n) is 3.48. The average Bonchev–Trinajstić information content (AvgIpc) is 1.94. The highest BCUT2D eigenvalue weighted by atomic mass is 32.1. The first-order valence-electron chi connectivity index (χ1n) is 4.11. The van der Waals surface area contributed by atoms with Crippen molar-refractivity contribution in [1.82, 2.24) is 0 Å². The molecule has 0 amide bonds. The van der Waals surface area contributed by atoms with Gasteiger partial charge in [-0.25, -0.2) is 0 Å². The van der Waals surface area contributed by atoms with E-state index in [2.05, 4.69) is 39.1 Å². The van der Waals surface area contributed by atoms with Crippen LogP contribution in [0.4, 0.5) is 0 Å². The standard InChI is InChI=1S/C10H16S/c1-7(2)9-5-4-8(3)10(11)6-9/h4,9-11H,1,5-6H2,2-3H3/t9-,10-/m0/s1. The predicted molar refractivity (Wildman–Crippen MR) is 54.1 cm³/mol. The van der Waals surface area contributed by atoms with Crippen LogP contribution in [-0.4, -0.2) is 5.25 Å². The van der Waals surface area contributed by atoms with Crippen molar-refractivity contribution >= 4 is 12.6 Å². The van der Waals surface area contributed by atoms with Crippen LogP contribution in [0.1, 0.15) is 26.7 Å². The van der Waals surface area contributed by atoms with Crippen LogP contribution in [0.15, 0.2) is 23.8 Å². The van der Waals surface area contributed by atoms with Gasteiger partial charge in [0.05, 0.1) is 0 Å². The van der Waals surface area contributed by atoms with Gasteiger partial charge in [-0.15, -0.1) is 0 Å². The number of rotatable bonds is 1. The smallest absolute Gasteiger partial charge is 0.0229 e. The topological polar surface area (TPSA) is 0 Å². The molecular formula is C10H16S. The van der Waals surface area contributed by atoms with Crippen molar-refractivity contribution < 1.29 is 0 Å². The van der Waals surface area contributed by atoms with Crippen molar-refractivity contribution in [2.24, 2.45) is 5.92 Å². The molecule has 1 rings (SSSR count). The molecule has 0 saturated heterocycles.